The van der Waals surface area contributed by atoms with Crippen LogP contribution in [0.5, 0.6) is 69.0 Å². The van der Waals surface area contributed by atoms with Crippen LogP contribution in [0.25, 0.3) is 0 Å². The third-order valence-electron chi connectivity index (χ3n) is 20.0. The zero-order valence-electron chi connectivity index (χ0n) is 76.4. The van der Waals surface area contributed by atoms with Gasteiger partial charge in [-0.3, -0.25) is 0 Å². The molecule has 0 N–H and O–H groups in total. The summed E-state index contributed by atoms with van der Waals surface area (Å²) >= 11 is 11.8. The minimum absolute atomic E-state index is 0.0541. The fourth-order valence-corrected chi connectivity index (χ4v) is 12.6. The van der Waals surface area contributed by atoms with Gasteiger partial charge in [0.05, 0.1) is 58.8 Å². The zero-order valence-corrected chi connectivity index (χ0v) is 80.9. The highest BCUT2D eigenvalue weighted by atomic mass is 127. The molecule has 0 saturated carbocycles. The first kappa shape index (κ1) is 105. The maximum atomic E-state index is 13.9. The minimum atomic E-state index is -0.905. The molecule has 12 rings (SSSR count). The molecule has 0 aliphatic heterocycles. The van der Waals surface area contributed by atoms with Crippen molar-refractivity contribution in [2.75, 3.05) is 42.7 Å². The van der Waals surface area contributed by atoms with E-state index in [0.29, 0.717) is 64.9 Å². The van der Waals surface area contributed by atoms with Crippen LogP contribution in [0.3, 0.4) is 0 Å². The summed E-state index contributed by atoms with van der Waals surface area (Å²) in [7, 11) is 7.54. The first-order chi connectivity index (χ1) is 62.6. The summed E-state index contributed by atoms with van der Waals surface area (Å²) in [6.45, 7) is 27.7. The molecule has 12 aromatic carbocycles. The summed E-state index contributed by atoms with van der Waals surface area (Å²) in [5, 5.41) is 0.463. The summed E-state index contributed by atoms with van der Waals surface area (Å²) in [4.78, 5) is 67.6. The largest absolute Gasteiger partial charge is 0.513 e. The molecule has 0 heterocycles. The van der Waals surface area contributed by atoms with Crippen LogP contribution < -0.4 is 56.8 Å². The number of ether oxygens (including phenoxy) is 18. The number of aryl methyl sites for hydroxylation is 13. The Morgan fingerprint density at radius 3 is 0.893 bits per heavy atom. The average molecular weight is 1990 g/mol. The number of benzene rings is 12. The number of para-hydroxylation sites is 1. The second kappa shape index (κ2) is 53.5. The lowest BCUT2D eigenvalue weighted by Crippen LogP contribution is -2.11. The predicted molar refractivity (Wildman–Crippen MR) is 508 cm³/mol. The van der Waals surface area contributed by atoms with E-state index in [2.05, 4.69) is 94.6 Å². The highest BCUT2D eigenvalue weighted by Gasteiger charge is 2.21. The second-order valence-corrected chi connectivity index (χ2v) is 31.5. The normalized spacial score (nSPS) is 10.2. The highest BCUT2D eigenvalue weighted by molar-refractivity contribution is 14.1. The molecule has 0 aliphatic rings. The average Bonchev–Trinajstić information content (AvgIpc) is 0.859. The van der Waals surface area contributed by atoms with Crippen molar-refractivity contribution in [3.8, 4) is 69.0 Å². The van der Waals surface area contributed by atoms with E-state index in [9.17, 15) is 33.2 Å². The second-order valence-electron chi connectivity index (χ2n) is 29.1. The number of methoxy groups -OCH3 is 6. The molecule has 0 saturated heterocycles. The Kier molecular flexibility index (Phi) is 42.7. The monoisotopic (exact) mass is 1990 g/mol. The van der Waals surface area contributed by atoms with Crippen molar-refractivity contribution in [2.24, 2.45) is 0 Å². The van der Waals surface area contributed by atoms with E-state index >= 15 is 0 Å². The lowest BCUT2D eigenvalue weighted by atomic mass is 10.1. The summed E-state index contributed by atoms with van der Waals surface area (Å²) in [6, 6.07) is 67.9. The number of hydrogen-bond acceptors (Lipinski definition) is 24. The maximum Gasteiger partial charge on any atom is 0.513 e. The SMILES string of the molecule is COC(=O)Oc1cccc(Br)c1COc1ccc(C)c(C)c1.COC(=O)Oc1cccc(C)c1COc1ccc(C)c(C)c1.COC(=O)Oc1cccc(Cl)c1COc1ccc(C)c(C)c1.COC(=O)Oc1cccc(F)c1COc1ccc(C)c(C)c1.COC(=O)Oc1cccc(I)c1COc1ccc(C)c(C)c1.COC(=O)Oc1ccccc1COc1ccc(C)c(C)c1. The third kappa shape index (κ3) is 34.1. The fourth-order valence-electron chi connectivity index (χ4n) is 11.3. The van der Waals surface area contributed by atoms with E-state index in [1.807, 2.05) is 214 Å². The standard InChI is InChI=1S/C18H20O4.C17H17BrO4.C17H17ClO4.C17H17FO4.C17H17IO4.C17H18O4/c1-12-8-9-15(10-14(12)3)21-11-16-13(2)6-5-7-17(16)22-18(19)20-4;4*1-11-7-8-13(9-12(11)2)21-10-14-15(18)5-4-6-16(14)22-17(19)20-3;1-12-8-9-15(10-13(12)2)20-11-14-6-4-5-7-16(14)21-17(18)19-3/h5-10H,11H2,1-4H3;4*4-9H,10H2,1-3H3;4-10H,11H2,1-3H3. The summed E-state index contributed by atoms with van der Waals surface area (Å²) in [5.41, 5.74) is 19.0. The van der Waals surface area contributed by atoms with Gasteiger partial charge in [0, 0.05) is 30.3 Å². The lowest BCUT2D eigenvalue weighted by molar-refractivity contribution is 0.119. The number of carbonyl (C=O) groups is 6. The highest BCUT2D eigenvalue weighted by Crippen LogP contribution is 2.35. The van der Waals surface area contributed by atoms with Crippen LogP contribution in [0.15, 0.2) is 229 Å². The minimum Gasteiger partial charge on any atom is -0.489 e. The molecule has 12 aromatic rings. The van der Waals surface area contributed by atoms with Crippen LogP contribution in [0.1, 0.15) is 106 Å². The van der Waals surface area contributed by atoms with Gasteiger partial charge >= 0.3 is 36.9 Å². The predicted octanol–water partition coefficient (Wildman–Crippen LogP) is 26.6. The van der Waals surface area contributed by atoms with E-state index in [1.165, 1.54) is 105 Å². The van der Waals surface area contributed by atoms with Gasteiger partial charge in [0.1, 0.15) is 114 Å². The molecular formula is C103H106BrClFIO24. The summed E-state index contributed by atoms with van der Waals surface area (Å²) < 4.78 is 108. The molecule has 0 fully saturated rings. The number of carbonyl (C=O) groups excluding carboxylic acids is 6. The smallest absolute Gasteiger partial charge is 0.489 e. The van der Waals surface area contributed by atoms with Gasteiger partial charge < -0.3 is 85.3 Å². The topological polar surface area (TPSA) is 269 Å². The summed E-state index contributed by atoms with van der Waals surface area (Å²) in [6.07, 6.45) is -4.68. The van der Waals surface area contributed by atoms with Crippen LogP contribution in [-0.2, 0) is 68.1 Å². The number of hydrogen-bond donors (Lipinski definition) is 0. The Bertz CT molecular complexity index is 5190. The van der Waals surface area contributed by atoms with Crippen LogP contribution in [-0.4, -0.2) is 79.6 Å². The molecule has 0 spiro atoms. The quantitative estimate of drug-likeness (QED) is 0.0235. The Morgan fingerprint density at radius 2 is 0.527 bits per heavy atom. The molecule has 690 valence electrons. The molecule has 0 bridgehead atoms. The van der Waals surface area contributed by atoms with Gasteiger partial charge in [0.25, 0.3) is 0 Å². The molecule has 0 amide bonds. The molecule has 28 heteroatoms. The van der Waals surface area contributed by atoms with Gasteiger partial charge in [0.2, 0.25) is 0 Å². The molecule has 0 unspecified atom stereocenters. The maximum absolute atomic E-state index is 13.9. The van der Waals surface area contributed by atoms with Crippen molar-refractivity contribution in [2.45, 2.75) is 130 Å². The van der Waals surface area contributed by atoms with Crippen LogP contribution in [0, 0.1) is 99.4 Å². The van der Waals surface area contributed by atoms with Crippen molar-refractivity contribution < 1.29 is 118 Å². The molecule has 0 radical (unpaired) electrons. The zero-order chi connectivity index (χ0) is 95.8. The Hall–Kier alpha value is -13.5. The van der Waals surface area contributed by atoms with E-state index in [1.54, 1.807) is 54.6 Å². The van der Waals surface area contributed by atoms with Crippen molar-refractivity contribution >= 4 is 87.1 Å². The lowest BCUT2D eigenvalue weighted by Gasteiger charge is -2.14. The summed E-state index contributed by atoms with van der Waals surface area (Å²) in [5.74, 6) is 6.11. The molecule has 0 aliphatic carbocycles. The Morgan fingerprint density at radius 1 is 0.267 bits per heavy atom. The van der Waals surface area contributed by atoms with Crippen molar-refractivity contribution in [3.63, 3.8) is 0 Å². The number of rotatable bonds is 24. The van der Waals surface area contributed by atoms with E-state index in [-0.39, 0.29) is 31.1 Å². The van der Waals surface area contributed by atoms with Crippen molar-refractivity contribution in [1.29, 1.82) is 0 Å². The molecular weight excluding hydrogens is 1880 g/mol. The molecule has 0 aromatic heterocycles. The Balaban J connectivity index is 0.000000215. The van der Waals surface area contributed by atoms with Gasteiger partial charge in [-0.2, -0.15) is 0 Å². The van der Waals surface area contributed by atoms with E-state index in [0.717, 1.165) is 86.9 Å². The van der Waals surface area contributed by atoms with Crippen LogP contribution in [0.2, 0.25) is 5.02 Å². The fraction of sp³-hybridized carbons (Fsp3) is 0.243. The van der Waals surface area contributed by atoms with E-state index in [4.69, 9.17) is 68.4 Å². The van der Waals surface area contributed by atoms with Gasteiger partial charge in [-0.25, -0.2) is 33.2 Å². The van der Waals surface area contributed by atoms with Crippen molar-refractivity contribution in [1.82, 2.24) is 0 Å². The van der Waals surface area contributed by atoms with Crippen LogP contribution >= 0.6 is 50.1 Å². The van der Waals surface area contributed by atoms with Crippen molar-refractivity contribution in [3.05, 3.63) is 349 Å². The van der Waals surface area contributed by atoms with Crippen LogP contribution in [0.4, 0.5) is 33.2 Å². The van der Waals surface area contributed by atoms with E-state index < -0.39 is 42.7 Å². The Labute approximate surface area is 790 Å². The first-order valence-corrected chi connectivity index (χ1v) is 42.9. The van der Waals surface area contributed by atoms with Gasteiger partial charge in [0.15, 0.2) is 0 Å². The number of halogens is 4. The van der Waals surface area contributed by atoms with Gasteiger partial charge in [-0.1, -0.05) is 119 Å². The first-order valence-electron chi connectivity index (χ1n) is 40.7. The molecule has 131 heavy (non-hydrogen) atoms. The molecule has 0 atom stereocenters. The van der Waals surface area contributed by atoms with Gasteiger partial charge in [-0.05, 0) is 318 Å². The third-order valence-corrected chi connectivity index (χ3v) is 22.1. The van der Waals surface area contributed by atoms with Gasteiger partial charge in [-0.15, -0.1) is 0 Å². The molecule has 24 nitrogen and oxygen atoms in total.